The molecule has 0 amide bonds. The Morgan fingerprint density at radius 2 is 2.43 bits per heavy atom. The van der Waals surface area contributed by atoms with Gasteiger partial charge in [0.2, 0.25) is 0 Å². The van der Waals surface area contributed by atoms with Gasteiger partial charge in [-0.05, 0) is 26.0 Å². The van der Waals surface area contributed by atoms with Crippen LogP contribution in [0.1, 0.15) is 19.0 Å². The Balaban J connectivity index is 2.60. The zero-order valence-corrected chi connectivity index (χ0v) is 8.23. The third kappa shape index (κ3) is 3.05. The van der Waals surface area contributed by atoms with Gasteiger partial charge in [0.15, 0.2) is 0 Å². The minimum absolute atomic E-state index is 0.00562. The highest BCUT2D eigenvalue weighted by atomic mass is 16.5. The van der Waals surface area contributed by atoms with Gasteiger partial charge in [-0.2, -0.15) is 0 Å². The monoisotopic (exact) mass is 195 g/mol. The largest absolute Gasteiger partial charge is 0.488 e. The summed E-state index contributed by atoms with van der Waals surface area (Å²) in [6.07, 6.45) is 1.33. The molecule has 0 aliphatic carbocycles. The van der Waals surface area contributed by atoms with E-state index in [2.05, 4.69) is 4.98 Å². The van der Waals surface area contributed by atoms with Crippen molar-refractivity contribution < 1.29 is 14.6 Å². The van der Waals surface area contributed by atoms with E-state index in [1.54, 1.807) is 25.3 Å². The Kier molecular flexibility index (Phi) is 3.45. The second-order valence-electron chi connectivity index (χ2n) is 3.11. The molecule has 1 N–H and O–H groups in total. The number of aryl methyl sites for hydroxylation is 1. The summed E-state index contributed by atoms with van der Waals surface area (Å²) in [6.45, 7) is 3.55. The van der Waals surface area contributed by atoms with Crippen molar-refractivity contribution in [2.24, 2.45) is 0 Å². The van der Waals surface area contributed by atoms with Crippen LogP contribution >= 0.6 is 0 Å². The topological polar surface area (TPSA) is 59.4 Å². The number of carbonyl (C=O) groups is 1. The Hall–Kier alpha value is -1.58. The minimum Gasteiger partial charge on any atom is -0.488 e. The van der Waals surface area contributed by atoms with Gasteiger partial charge < -0.3 is 9.84 Å². The Bertz CT molecular complexity index is 325. The van der Waals surface area contributed by atoms with E-state index in [-0.39, 0.29) is 12.5 Å². The van der Waals surface area contributed by atoms with Gasteiger partial charge in [0.1, 0.15) is 11.9 Å². The number of carboxylic acids is 1. The van der Waals surface area contributed by atoms with Gasteiger partial charge in [0, 0.05) is 6.20 Å². The van der Waals surface area contributed by atoms with Crippen LogP contribution in [-0.4, -0.2) is 22.2 Å². The van der Waals surface area contributed by atoms with E-state index in [4.69, 9.17) is 9.84 Å². The van der Waals surface area contributed by atoms with Crippen LogP contribution in [0.15, 0.2) is 18.3 Å². The summed E-state index contributed by atoms with van der Waals surface area (Å²) in [5, 5.41) is 8.54. The highest BCUT2D eigenvalue weighted by Gasteiger charge is 2.10. The number of hydrogen-bond donors (Lipinski definition) is 1. The van der Waals surface area contributed by atoms with Gasteiger partial charge >= 0.3 is 5.97 Å². The molecule has 0 saturated heterocycles. The van der Waals surface area contributed by atoms with Crippen LogP contribution < -0.4 is 4.74 Å². The van der Waals surface area contributed by atoms with E-state index < -0.39 is 5.97 Å². The van der Waals surface area contributed by atoms with Crippen molar-refractivity contribution in [2.75, 3.05) is 0 Å². The SMILES string of the molecule is Cc1ncccc1O[C@@H](C)CC(=O)O. The predicted molar refractivity (Wildman–Crippen MR) is 51.3 cm³/mol. The molecule has 1 heterocycles. The van der Waals surface area contributed by atoms with Gasteiger partial charge in [-0.1, -0.05) is 0 Å². The summed E-state index contributed by atoms with van der Waals surface area (Å²) in [4.78, 5) is 14.4. The fraction of sp³-hybridized carbons (Fsp3) is 0.400. The number of hydrogen-bond acceptors (Lipinski definition) is 3. The molecule has 0 saturated carbocycles. The fourth-order valence-electron chi connectivity index (χ4n) is 1.10. The van der Waals surface area contributed by atoms with Crippen LogP contribution in [0.4, 0.5) is 0 Å². The maximum absolute atomic E-state index is 10.4. The zero-order valence-electron chi connectivity index (χ0n) is 8.23. The molecular weight excluding hydrogens is 182 g/mol. The molecular formula is C10H13NO3. The molecule has 0 bridgehead atoms. The number of ether oxygens (including phenoxy) is 1. The first-order chi connectivity index (χ1) is 6.59. The highest BCUT2D eigenvalue weighted by molar-refractivity contribution is 5.67. The van der Waals surface area contributed by atoms with E-state index in [1.807, 2.05) is 6.92 Å². The average Bonchev–Trinajstić information content (AvgIpc) is 2.07. The lowest BCUT2D eigenvalue weighted by Crippen LogP contribution is -2.17. The number of aromatic nitrogens is 1. The molecule has 0 aromatic carbocycles. The van der Waals surface area contributed by atoms with Crippen LogP contribution in [0.25, 0.3) is 0 Å². The number of pyridine rings is 1. The molecule has 0 aliphatic rings. The standard InChI is InChI=1S/C10H13NO3/c1-7(6-10(12)13)14-9-4-3-5-11-8(9)2/h3-5,7H,6H2,1-2H3,(H,12,13)/t7-/m0/s1. The van der Waals surface area contributed by atoms with Crippen LogP contribution in [0.2, 0.25) is 0 Å². The minimum atomic E-state index is -0.862. The molecule has 4 nitrogen and oxygen atoms in total. The van der Waals surface area contributed by atoms with Crippen LogP contribution in [-0.2, 0) is 4.79 Å². The summed E-state index contributed by atoms with van der Waals surface area (Å²) < 4.78 is 5.41. The molecule has 0 unspecified atom stereocenters. The maximum atomic E-state index is 10.4. The third-order valence-electron chi connectivity index (χ3n) is 1.75. The summed E-state index contributed by atoms with van der Waals surface area (Å²) in [5.41, 5.74) is 0.768. The molecule has 76 valence electrons. The maximum Gasteiger partial charge on any atom is 0.307 e. The van der Waals surface area contributed by atoms with E-state index in [9.17, 15) is 4.79 Å². The molecule has 1 aromatic heterocycles. The van der Waals surface area contributed by atoms with Crippen molar-refractivity contribution in [1.29, 1.82) is 0 Å². The van der Waals surface area contributed by atoms with Crippen molar-refractivity contribution in [3.05, 3.63) is 24.0 Å². The fourth-order valence-corrected chi connectivity index (χ4v) is 1.10. The average molecular weight is 195 g/mol. The first-order valence-corrected chi connectivity index (χ1v) is 4.39. The summed E-state index contributed by atoms with van der Waals surface area (Å²) in [7, 11) is 0. The lowest BCUT2D eigenvalue weighted by molar-refractivity contribution is -0.138. The van der Waals surface area contributed by atoms with Gasteiger partial charge in [0.05, 0.1) is 12.1 Å². The molecule has 1 aromatic rings. The van der Waals surface area contributed by atoms with E-state index in [1.165, 1.54) is 0 Å². The number of rotatable bonds is 4. The molecule has 14 heavy (non-hydrogen) atoms. The first-order valence-electron chi connectivity index (χ1n) is 4.39. The molecule has 0 spiro atoms. The molecule has 0 radical (unpaired) electrons. The highest BCUT2D eigenvalue weighted by Crippen LogP contribution is 2.16. The van der Waals surface area contributed by atoms with Gasteiger partial charge in [-0.3, -0.25) is 9.78 Å². The van der Waals surface area contributed by atoms with Gasteiger partial charge in [-0.25, -0.2) is 0 Å². The smallest absolute Gasteiger partial charge is 0.307 e. The predicted octanol–water partition coefficient (Wildman–Crippen LogP) is 1.63. The Morgan fingerprint density at radius 3 is 3.00 bits per heavy atom. The van der Waals surface area contributed by atoms with E-state index >= 15 is 0 Å². The molecule has 4 heteroatoms. The lowest BCUT2D eigenvalue weighted by Gasteiger charge is -2.13. The van der Waals surface area contributed by atoms with Gasteiger partial charge in [0.25, 0.3) is 0 Å². The number of aliphatic carboxylic acids is 1. The van der Waals surface area contributed by atoms with Gasteiger partial charge in [-0.15, -0.1) is 0 Å². The molecule has 1 atom stereocenters. The van der Waals surface area contributed by atoms with Crippen molar-refractivity contribution in [1.82, 2.24) is 4.98 Å². The quantitative estimate of drug-likeness (QED) is 0.793. The second-order valence-corrected chi connectivity index (χ2v) is 3.11. The summed E-state index contributed by atoms with van der Waals surface area (Å²) in [6, 6.07) is 3.54. The van der Waals surface area contributed by atoms with E-state index in [0.29, 0.717) is 5.75 Å². The van der Waals surface area contributed by atoms with Crippen LogP contribution in [0.5, 0.6) is 5.75 Å². The first kappa shape index (κ1) is 10.5. The van der Waals surface area contributed by atoms with Crippen LogP contribution in [0, 0.1) is 6.92 Å². The van der Waals surface area contributed by atoms with Crippen molar-refractivity contribution in [3.8, 4) is 5.75 Å². The van der Waals surface area contributed by atoms with Crippen molar-refractivity contribution in [3.63, 3.8) is 0 Å². The Labute approximate surface area is 82.5 Å². The van der Waals surface area contributed by atoms with E-state index in [0.717, 1.165) is 5.69 Å². The number of carboxylic acid groups (broad SMARTS) is 1. The van der Waals surface area contributed by atoms with Crippen molar-refractivity contribution >= 4 is 5.97 Å². The molecule has 0 aliphatic heterocycles. The molecule has 1 rings (SSSR count). The zero-order chi connectivity index (χ0) is 10.6. The van der Waals surface area contributed by atoms with Crippen molar-refractivity contribution in [2.45, 2.75) is 26.4 Å². The molecule has 0 fully saturated rings. The summed E-state index contributed by atoms with van der Waals surface area (Å²) >= 11 is 0. The van der Waals surface area contributed by atoms with Crippen LogP contribution in [0.3, 0.4) is 0 Å². The second kappa shape index (κ2) is 4.60. The normalized spacial score (nSPS) is 12.1. The summed E-state index contributed by atoms with van der Waals surface area (Å²) in [5.74, 6) is -0.222. The third-order valence-corrected chi connectivity index (χ3v) is 1.75. The number of nitrogens with zero attached hydrogens (tertiary/aromatic N) is 1. The lowest BCUT2D eigenvalue weighted by atomic mass is 10.3. The Morgan fingerprint density at radius 1 is 1.71 bits per heavy atom.